The zero-order valence-electron chi connectivity index (χ0n) is 12.5. The number of rotatable bonds is 3. The van der Waals surface area contributed by atoms with E-state index in [0.29, 0.717) is 11.5 Å². The van der Waals surface area contributed by atoms with Gasteiger partial charge in [0.2, 0.25) is 0 Å². The van der Waals surface area contributed by atoms with Crippen molar-refractivity contribution in [3.63, 3.8) is 0 Å². The van der Waals surface area contributed by atoms with Gasteiger partial charge in [0.05, 0.1) is 9.88 Å². The van der Waals surface area contributed by atoms with Crippen LogP contribution in [0.25, 0.3) is 10.4 Å². The Morgan fingerprint density at radius 3 is 2.86 bits per heavy atom. The van der Waals surface area contributed by atoms with Crippen molar-refractivity contribution in [2.75, 3.05) is 18.5 Å². The molecule has 2 heterocycles. The molecule has 0 spiro atoms. The van der Waals surface area contributed by atoms with Crippen molar-refractivity contribution in [2.45, 2.75) is 38.0 Å². The highest BCUT2D eigenvalue weighted by atomic mass is 32.1. The van der Waals surface area contributed by atoms with Gasteiger partial charge in [0, 0.05) is 42.5 Å². The number of thiazole rings is 1. The summed E-state index contributed by atoms with van der Waals surface area (Å²) in [5.41, 5.74) is 2.94. The normalized spacial score (nSPS) is 17.9. The second kappa shape index (κ2) is 5.30. The molecule has 116 valence electrons. The van der Waals surface area contributed by atoms with E-state index in [2.05, 4.69) is 9.88 Å². The monoisotopic (exact) mass is 320 g/mol. The van der Waals surface area contributed by atoms with Gasteiger partial charge in [0.25, 0.3) is 6.43 Å². The predicted octanol–water partition coefficient (Wildman–Crippen LogP) is 5.01. The summed E-state index contributed by atoms with van der Waals surface area (Å²) in [6.07, 6.45) is 3.73. The number of hydrogen-bond donors (Lipinski definition) is 0. The van der Waals surface area contributed by atoms with Crippen LogP contribution in [0.1, 0.15) is 47.7 Å². The van der Waals surface area contributed by atoms with Gasteiger partial charge in [-0.25, -0.2) is 13.8 Å². The van der Waals surface area contributed by atoms with E-state index in [0.717, 1.165) is 35.0 Å². The zero-order chi connectivity index (χ0) is 15.3. The van der Waals surface area contributed by atoms with E-state index in [9.17, 15) is 8.78 Å². The molecule has 1 aromatic heterocycles. The summed E-state index contributed by atoms with van der Waals surface area (Å²) in [5, 5.41) is 1.10. The second-order valence-electron chi connectivity index (χ2n) is 6.23. The van der Waals surface area contributed by atoms with Crippen LogP contribution in [-0.2, 0) is 6.42 Å². The first-order chi connectivity index (χ1) is 10.6. The molecule has 0 bridgehead atoms. The minimum absolute atomic E-state index is 0.137. The molecule has 0 radical (unpaired) electrons. The predicted molar refractivity (Wildman–Crippen MR) is 86.1 cm³/mol. The lowest BCUT2D eigenvalue weighted by atomic mass is 9.95. The van der Waals surface area contributed by atoms with E-state index < -0.39 is 6.43 Å². The summed E-state index contributed by atoms with van der Waals surface area (Å²) >= 11 is 1.58. The fraction of sp³-hybridized carbons (Fsp3) is 0.471. The van der Waals surface area contributed by atoms with Crippen LogP contribution in [0.15, 0.2) is 18.3 Å². The van der Waals surface area contributed by atoms with Crippen molar-refractivity contribution in [1.82, 2.24) is 4.98 Å². The molecule has 2 aliphatic rings. The Balaban J connectivity index is 1.82. The molecule has 22 heavy (non-hydrogen) atoms. The highest BCUT2D eigenvalue weighted by Gasteiger charge is 2.28. The van der Waals surface area contributed by atoms with Gasteiger partial charge < -0.3 is 4.90 Å². The number of alkyl halides is 2. The Hall–Kier alpha value is -1.49. The first kappa shape index (κ1) is 14.1. The van der Waals surface area contributed by atoms with E-state index >= 15 is 0 Å². The van der Waals surface area contributed by atoms with E-state index in [1.807, 2.05) is 13.1 Å². The number of anilines is 1. The van der Waals surface area contributed by atoms with Gasteiger partial charge in [-0.2, -0.15) is 0 Å². The molecular weight excluding hydrogens is 302 g/mol. The third-order valence-corrected chi connectivity index (χ3v) is 5.75. The highest BCUT2D eigenvalue weighted by Crippen LogP contribution is 2.45. The molecule has 1 aromatic carbocycles. The molecule has 0 atom stereocenters. The fourth-order valence-corrected chi connectivity index (χ4v) is 4.28. The SMILES string of the molecule is CN1CCCc2cc(-c3cnc(C4CC4)s3)c(C(F)F)cc21. The number of halogens is 2. The van der Waals surface area contributed by atoms with E-state index in [4.69, 9.17) is 0 Å². The molecule has 0 N–H and O–H groups in total. The van der Waals surface area contributed by atoms with E-state index in [1.54, 1.807) is 23.6 Å². The van der Waals surface area contributed by atoms with Crippen molar-refractivity contribution < 1.29 is 8.78 Å². The lowest BCUT2D eigenvalue weighted by Gasteiger charge is -2.29. The number of aromatic nitrogens is 1. The largest absolute Gasteiger partial charge is 0.374 e. The number of hydrogen-bond acceptors (Lipinski definition) is 3. The Kier molecular flexibility index (Phi) is 3.40. The summed E-state index contributed by atoms with van der Waals surface area (Å²) in [6, 6.07) is 3.65. The van der Waals surface area contributed by atoms with Gasteiger partial charge in [-0.1, -0.05) is 0 Å². The summed E-state index contributed by atoms with van der Waals surface area (Å²) in [4.78, 5) is 7.41. The minimum Gasteiger partial charge on any atom is -0.374 e. The van der Waals surface area contributed by atoms with Gasteiger partial charge >= 0.3 is 0 Å². The van der Waals surface area contributed by atoms with Gasteiger partial charge in [-0.15, -0.1) is 11.3 Å². The van der Waals surface area contributed by atoms with Gasteiger partial charge in [0.15, 0.2) is 0 Å². The van der Waals surface area contributed by atoms with Crippen LogP contribution in [0.2, 0.25) is 0 Å². The summed E-state index contributed by atoms with van der Waals surface area (Å²) in [7, 11) is 1.98. The number of benzene rings is 1. The first-order valence-corrected chi connectivity index (χ1v) is 8.57. The van der Waals surface area contributed by atoms with Crippen molar-refractivity contribution in [3.05, 3.63) is 34.5 Å². The van der Waals surface area contributed by atoms with Crippen LogP contribution < -0.4 is 4.90 Å². The maximum absolute atomic E-state index is 13.6. The Bertz CT molecular complexity index is 707. The lowest BCUT2D eigenvalue weighted by Crippen LogP contribution is -2.24. The van der Waals surface area contributed by atoms with Crippen molar-refractivity contribution >= 4 is 17.0 Å². The Labute approximate surface area is 132 Å². The molecule has 2 aromatic rings. The Morgan fingerprint density at radius 2 is 2.14 bits per heavy atom. The maximum Gasteiger partial charge on any atom is 0.264 e. The zero-order valence-corrected chi connectivity index (χ0v) is 13.3. The summed E-state index contributed by atoms with van der Waals surface area (Å²) < 4.78 is 27.1. The van der Waals surface area contributed by atoms with E-state index in [-0.39, 0.29) is 5.56 Å². The van der Waals surface area contributed by atoms with Gasteiger partial charge in [-0.05, 0) is 43.4 Å². The standard InChI is InChI=1S/C17H18F2N2S/c1-21-6-2-3-11-7-12(13(16(18)19)8-14(11)21)15-9-20-17(22-15)10-4-5-10/h7-10,16H,2-6H2,1H3. The molecule has 5 heteroatoms. The molecule has 1 saturated carbocycles. The van der Waals surface area contributed by atoms with Crippen molar-refractivity contribution in [2.24, 2.45) is 0 Å². The summed E-state index contributed by atoms with van der Waals surface area (Å²) in [5.74, 6) is 0.567. The number of fused-ring (bicyclic) bond motifs is 1. The summed E-state index contributed by atoms with van der Waals surface area (Å²) in [6.45, 7) is 0.932. The fourth-order valence-electron chi connectivity index (χ4n) is 3.16. The number of nitrogens with zero attached hydrogens (tertiary/aromatic N) is 2. The highest BCUT2D eigenvalue weighted by molar-refractivity contribution is 7.15. The van der Waals surface area contributed by atoms with Gasteiger partial charge in [-0.3, -0.25) is 0 Å². The van der Waals surface area contributed by atoms with E-state index in [1.165, 1.54) is 18.4 Å². The van der Waals surface area contributed by atoms with Crippen LogP contribution >= 0.6 is 11.3 Å². The smallest absolute Gasteiger partial charge is 0.264 e. The molecule has 4 rings (SSSR count). The molecule has 1 aliphatic heterocycles. The molecular formula is C17H18F2N2S. The molecule has 1 fully saturated rings. The molecule has 0 unspecified atom stereocenters. The molecule has 1 aliphatic carbocycles. The first-order valence-electron chi connectivity index (χ1n) is 7.75. The molecule has 0 saturated heterocycles. The topological polar surface area (TPSA) is 16.1 Å². The molecule has 0 amide bonds. The van der Waals surface area contributed by atoms with Gasteiger partial charge in [0.1, 0.15) is 0 Å². The third-order valence-electron chi connectivity index (χ3n) is 4.55. The van der Waals surface area contributed by atoms with Crippen LogP contribution in [-0.4, -0.2) is 18.6 Å². The van der Waals surface area contributed by atoms with Crippen LogP contribution in [0.4, 0.5) is 14.5 Å². The second-order valence-corrected chi connectivity index (χ2v) is 7.29. The maximum atomic E-state index is 13.6. The number of aryl methyl sites for hydroxylation is 1. The molecule has 2 nitrogen and oxygen atoms in total. The lowest BCUT2D eigenvalue weighted by molar-refractivity contribution is 0.152. The van der Waals surface area contributed by atoms with Crippen molar-refractivity contribution in [1.29, 1.82) is 0 Å². The van der Waals surface area contributed by atoms with Crippen LogP contribution in [0, 0.1) is 0 Å². The van der Waals surface area contributed by atoms with Crippen molar-refractivity contribution in [3.8, 4) is 10.4 Å². The van der Waals surface area contributed by atoms with Crippen LogP contribution in [0.3, 0.4) is 0 Å². The van der Waals surface area contributed by atoms with Crippen LogP contribution in [0.5, 0.6) is 0 Å². The Morgan fingerprint density at radius 1 is 1.32 bits per heavy atom. The quantitative estimate of drug-likeness (QED) is 0.790. The third kappa shape index (κ3) is 2.41. The minimum atomic E-state index is -2.46. The average molecular weight is 320 g/mol. The average Bonchev–Trinajstić information content (AvgIpc) is 3.24.